The van der Waals surface area contributed by atoms with Gasteiger partial charge in [0, 0.05) is 0 Å². The van der Waals surface area contributed by atoms with Gasteiger partial charge in [-0.3, -0.25) is 0 Å². The molecule has 0 spiro atoms. The molecule has 0 unspecified atom stereocenters. The Labute approximate surface area is 72.3 Å². The molecule has 10 heavy (non-hydrogen) atoms. The number of allylic oxidation sites excluding steroid dienone is 1. The van der Waals surface area contributed by atoms with E-state index in [0.29, 0.717) is 0 Å². The van der Waals surface area contributed by atoms with Crippen molar-refractivity contribution in [3.8, 4) is 0 Å². The molecule has 0 aliphatic rings. The molecule has 0 rings (SSSR count). The van der Waals surface area contributed by atoms with Gasteiger partial charge in [0.15, 0.2) is 0 Å². The summed E-state index contributed by atoms with van der Waals surface area (Å²) in [5.74, 6) is 1.10. The van der Waals surface area contributed by atoms with Crippen LogP contribution in [0.3, 0.4) is 0 Å². The fraction of sp³-hybridized carbons (Fsp3) is 0.571. The van der Waals surface area contributed by atoms with Crippen molar-refractivity contribution in [1.82, 2.24) is 5.32 Å². The molecule has 0 aromatic rings. The van der Waals surface area contributed by atoms with Crippen LogP contribution in [0, 0.1) is 0 Å². The van der Waals surface area contributed by atoms with Crippen molar-refractivity contribution in [2.24, 2.45) is 0 Å². The van der Waals surface area contributed by atoms with E-state index in [2.05, 4.69) is 12.2 Å². The lowest BCUT2D eigenvalue weighted by atomic mass is 10.6. The van der Waals surface area contributed by atoms with E-state index in [-0.39, 0.29) is 0 Å². The van der Waals surface area contributed by atoms with E-state index < -0.39 is 0 Å². The summed E-state index contributed by atoms with van der Waals surface area (Å²) in [4.78, 5) is 0. The van der Waals surface area contributed by atoms with Gasteiger partial charge in [0.25, 0.3) is 0 Å². The van der Waals surface area contributed by atoms with Crippen molar-refractivity contribution < 1.29 is 0 Å². The largest absolute Gasteiger partial charge is 0.348 e. The lowest BCUT2D eigenvalue weighted by Gasteiger charge is -1.99. The van der Waals surface area contributed by atoms with Crippen LogP contribution < -0.4 is 5.32 Å². The van der Waals surface area contributed by atoms with E-state index in [0.717, 1.165) is 10.1 Å². The summed E-state index contributed by atoms with van der Waals surface area (Å²) in [5.41, 5.74) is 0. The van der Waals surface area contributed by atoms with E-state index >= 15 is 0 Å². The second-order valence-electron chi connectivity index (χ2n) is 1.78. The van der Waals surface area contributed by atoms with Crippen LogP contribution >= 0.6 is 24.0 Å². The van der Waals surface area contributed by atoms with E-state index in [1.165, 1.54) is 6.42 Å². The zero-order chi connectivity index (χ0) is 7.82. The van der Waals surface area contributed by atoms with Crippen LogP contribution in [0.5, 0.6) is 0 Å². The number of nitrogens with one attached hydrogen (secondary N) is 1. The third-order valence-corrected chi connectivity index (χ3v) is 2.27. The second kappa shape index (κ2) is 7.09. The summed E-state index contributed by atoms with van der Waals surface area (Å²) < 4.78 is 0.861. The first kappa shape index (κ1) is 9.98. The molecule has 0 heterocycles. The smallest absolute Gasteiger partial charge is 0.137 e. The minimum Gasteiger partial charge on any atom is -0.348 e. The van der Waals surface area contributed by atoms with Gasteiger partial charge < -0.3 is 5.32 Å². The van der Waals surface area contributed by atoms with Gasteiger partial charge in [-0.05, 0) is 25.3 Å². The SMILES string of the molecule is CC=CNC(=S)SCCC. The molecule has 1 nitrogen and oxygen atoms in total. The van der Waals surface area contributed by atoms with Crippen molar-refractivity contribution >= 4 is 28.3 Å². The van der Waals surface area contributed by atoms with Gasteiger partial charge in [0.1, 0.15) is 4.32 Å². The van der Waals surface area contributed by atoms with Gasteiger partial charge in [-0.25, -0.2) is 0 Å². The summed E-state index contributed by atoms with van der Waals surface area (Å²) in [6.45, 7) is 4.10. The molecule has 0 saturated carbocycles. The van der Waals surface area contributed by atoms with Gasteiger partial charge in [-0.2, -0.15) is 0 Å². The van der Waals surface area contributed by atoms with Gasteiger partial charge in [-0.15, -0.1) is 0 Å². The van der Waals surface area contributed by atoms with Gasteiger partial charge >= 0.3 is 0 Å². The molecular weight excluding hydrogens is 162 g/mol. The molecule has 0 aliphatic heterocycles. The molecule has 0 bridgehead atoms. The molecule has 0 aromatic carbocycles. The summed E-state index contributed by atoms with van der Waals surface area (Å²) >= 11 is 6.67. The van der Waals surface area contributed by atoms with Crippen LogP contribution in [0.15, 0.2) is 12.3 Å². The third kappa shape index (κ3) is 6.11. The normalized spacial score (nSPS) is 10.2. The highest BCUT2D eigenvalue weighted by molar-refractivity contribution is 8.22. The molecule has 0 saturated heterocycles. The Morgan fingerprint density at radius 2 is 2.40 bits per heavy atom. The second-order valence-corrected chi connectivity index (χ2v) is 3.55. The summed E-state index contributed by atoms with van der Waals surface area (Å²) in [6.07, 6.45) is 4.95. The van der Waals surface area contributed by atoms with Crippen LogP contribution in [0.4, 0.5) is 0 Å². The minimum atomic E-state index is 0.861. The quantitative estimate of drug-likeness (QED) is 0.662. The Kier molecular flexibility index (Phi) is 7.08. The number of hydrogen-bond acceptors (Lipinski definition) is 2. The third-order valence-electron chi connectivity index (χ3n) is 0.805. The monoisotopic (exact) mass is 175 g/mol. The maximum Gasteiger partial charge on any atom is 0.137 e. The molecule has 0 aliphatic carbocycles. The van der Waals surface area contributed by atoms with Crippen LogP contribution in [0.2, 0.25) is 0 Å². The van der Waals surface area contributed by atoms with E-state index in [1.807, 2.05) is 19.2 Å². The Hall–Kier alpha value is -0.0200. The highest BCUT2D eigenvalue weighted by Crippen LogP contribution is 2.02. The average Bonchev–Trinajstić information content (AvgIpc) is 1.97. The zero-order valence-corrected chi connectivity index (χ0v) is 8.02. The van der Waals surface area contributed by atoms with Crippen molar-refractivity contribution in [3.63, 3.8) is 0 Å². The van der Waals surface area contributed by atoms with Gasteiger partial charge in [-0.1, -0.05) is 37.0 Å². The first-order valence-electron chi connectivity index (χ1n) is 3.35. The zero-order valence-electron chi connectivity index (χ0n) is 6.39. The molecule has 0 atom stereocenters. The van der Waals surface area contributed by atoms with Crippen LogP contribution in [0.25, 0.3) is 0 Å². The predicted molar refractivity (Wildman–Crippen MR) is 53.3 cm³/mol. The molecular formula is C7H13NS2. The first-order chi connectivity index (χ1) is 4.81. The lowest BCUT2D eigenvalue weighted by Crippen LogP contribution is -2.10. The van der Waals surface area contributed by atoms with E-state index in [9.17, 15) is 0 Å². The Bertz CT molecular complexity index is 121. The number of rotatable bonds is 3. The fourth-order valence-corrected chi connectivity index (χ4v) is 1.25. The van der Waals surface area contributed by atoms with Crippen LogP contribution in [-0.4, -0.2) is 10.1 Å². The highest BCUT2D eigenvalue weighted by Gasteiger charge is 1.90. The van der Waals surface area contributed by atoms with Gasteiger partial charge in [0.05, 0.1) is 0 Å². The van der Waals surface area contributed by atoms with Crippen LogP contribution in [0.1, 0.15) is 20.3 Å². The summed E-state index contributed by atoms with van der Waals surface area (Å²) in [7, 11) is 0. The number of thioether (sulfide) groups is 1. The lowest BCUT2D eigenvalue weighted by molar-refractivity contribution is 1.11. The standard InChI is InChI=1S/C7H13NS2/c1-3-5-8-7(9)10-6-4-2/h3,5H,4,6H2,1-2H3,(H,8,9). The molecule has 0 radical (unpaired) electrons. The number of hydrogen-bond donors (Lipinski definition) is 1. The Morgan fingerprint density at radius 1 is 1.70 bits per heavy atom. The van der Waals surface area contributed by atoms with Crippen molar-refractivity contribution in [1.29, 1.82) is 0 Å². The fourth-order valence-electron chi connectivity index (χ4n) is 0.388. The molecule has 1 N–H and O–H groups in total. The Morgan fingerprint density at radius 3 is 2.90 bits per heavy atom. The molecule has 0 fully saturated rings. The molecule has 0 aromatic heterocycles. The first-order valence-corrected chi connectivity index (χ1v) is 4.75. The van der Waals surface area contributed by atoms with E-state index in [4.69, 9.17) is 12.2 Å². The summed E-state index contributed by atoms with van der Waals surface area (Å²) in [5, 5.41) is 2.98. The van der Waals surface area contributed by atoms with Crippen molar-refractivity contribution in [2.75, 3.05) is 5.75 Å². The van der Waals surface area contributed by atoms with Crippen molar-refractivity contribution in [2.45, 2.75) is 20.3 Å². The van der Waals surface area contributed by atoms with E-state index in [1.54, 1.807) is 11.8 Å². The summed E-state index contributed by atoms with van der Waals surface area (Å²) in [6, 6.07) is 0. The Balaban J connectivity index is 3.25. The van der Waals surface area contributed by atoms with Crippen LogP contribution in [-0.2, 0) is 0 Å². The number of thiocarbonyl (C=S) groups is 1. The topological polar surface area (TPSA) is 12.0 Å². The van der Waals surface area contributed by atoms with Gasteiger partial charge in [0.2, 0.25) is 0 Å². The molecule has 0 amide bonds. The highest BCUT2D eigenvalue weighted by atomic mass is 32.2. The molecule has 3 heteroatoms. The average molecular weight is 175 g/mol. The predicted octanol–water partition coefficient (Wildman–Crippen LogP) is 2.54. The van der Waals surface area contributed by atoms with Crippen molar-refractivity contribution in [3.05, 3.63) is 12.3 Å². The molecule has 58 valence electrons. The maximum atomic E-state index is 4.99. The maximum absolute atomic E-state index is 4.99. The minimum absolute atomic E-state index is 0.861.